The van der Waals surface area contributed by atoms with Gasteiger partial charge in [-0.05, 0) is 79.7 Å². The third kappa shape index (κ3) is 7.10. The van der Waals surface area contributed by atoms with Crippen molar-refractivity contribution in [1.82, 2.24) is 9.80 Å². The van der Waals surface area contributed by atoms with Crippen LogP contribution in [0.25, 0.3) is 5.76 Å². The van der Waals surface area contributed by atoms with Crippen molar-refractivity contribution in [2.45, 2.75) is 78.2 Å². The molecule has 5 nitrogen and oxygen atoms in total. The van der Waals surface area contributed by atoms with Gasteiger partial charge in [-0.15, -0.1) is 0 Å². The molecule has 1 fully saturated rings. The second kappa shape index (κ2) is 13.2. The van der Waals surface area contributed by atoms with Crippen LogP contribution in [-0.4, -0.2) is 52.8 Å². The normalized spacial score (nSPS) is 17.6. The van der Waals surface area contributed by atoms with E-state index in [0.717, 1.165) is 62.9 Å². The van der Waals surface area contributed by atoms with E-state index in [1.807, 2.05) is 24.3 Å². The zero-order chi connectivity index (χ0) is 27.9. The number of carbonyl (C=O) groups is 2. The fraction of sp³-hybridized carbons (Fsp3) is 0.500. The Morgan fingerprint density at radius 1 is 0.895 bits per heavy atom. The van der Waals surface area contributed by atoms with Crippen LogP contribution in [0.5, 0.6) is 0 Å². The molecule has 206 valence electrons. The van der Waals surface area contributed by atoms with Crippen molar-refractivity contribution in [2.24, 2.45) is 0 Å². The fourth-order valence-corrected chi connectivity index (χ4v) is 4.95. The van der Waals surface area contributed by atoms with Crippen molar-refractivity contribution in [2.75, 3.05) is 26.2 Å². The van der Waals surface area contributed by atoms with Gasteiger partial charge in [0.1, 0.15) is 11.6 Å². The van der Waals surface area contributed by atoms with Crippen LogP contribution >= 0.6 is 0 Å². The Balaban J connectivity index is 1.95. The Morgan fingerprint density at radius 3 is 1.97 bits per heavy atom. The monoisotopic (exact) mass is 522 g/mol. The quantitative estimate of drug-likeness (QED) is 0.188. The first-order chi connectivity index (χ1) is 18.1. The standard InChI is InChI=1S/C32H43FN2O3/c1-6-8-19-34(20-9-7-2)21-10-22-35-28(23-11-15-25(16-12-23)32(3,4)5)27(30(37)31(35)38)29(36)24-13-17-26(33)18-14-24/h11-18,28,36H,6-10,19-22H2,1-5H3/b29-27-. The fourth-order valence-electron chi connectivity index (χ4n) is 4.95. The third-order valence-electron chi connectivity index (χ3n) is 7.28. The second-order valence-electron chi connectivity index (χ2n) is 11.3. The lowest BCUT2D eigenvalue weighted by Crippen LogP contribution is -2.34. The van der Waals surface area contributed by atoms with Crippen LogP contribution in [0, 0.1) is 5.82 Å². The van der Waals surface area contributed by atoms with E-state index in [4.69, 9.17) is 0 Å². The Morgan fingerprint density at radius 2 is 1.45 bits per heavy atom. The predicted octanol–water partition coefficient (Wildman–Crippen LogP) is 6.84. The number of rotatable bonds is 12. The number of hydrogen-bond donors (Lipinski definition) is 1. The molecule has 6 heteroatoms. The molecule has 1 N–H and O–H groups in total. The van der Waals surface area contributed by atoms with E-state index in [2.05, 4.69) is 39.5 Å². The largest absolute Gasteiger partial charge is 0.507 e. The molecule has 0 aromatic heterocycles. The second-order valence-corrected chi connectivity index (χ2v) is 11.3. The highest BCUT2D eigenvalue weighted by atomic mass is 19.1. The van der Waals surface area contributed by atoms with E-state index < -0.39 is 23.5 Å². The number of ketones is 1. The van der Waals surface area contributed by atoms with E-state index in [9.17, 15) is 19.1 Å². The van der Waals surface area contributed by atoms with Gasteiger partial charge in [0.2, 0.25) is 0 Å². The van der Waals surface area contributed by atoms with Gasteiger partial charge in [-0.25, -0.2) is 4.39 Å². The molecule has 1 heterocycles. The molecular formula is C32H43FN2O3. The summed E-state index contributed by atoms with van der Waals surface area (Å²) in [5.74, 6) is -2.02. The minimum atomic E-state index is -0.703. The maximum Gasteiger partial charge on any atom is 0.295 e. The predicted molar refractivity (Wildman–Crippen MR) is 151 cm³/mol. The maximum atomic E-state index is 13.5. The lowest BCUT2D eigenvalue weighted by molar-refractivity contribution is -0.140. The van der Waals surface area contributed by atoms with Crippen LogP contribution in [0.1, 0.15) is 89.5 Å². The molecule has 0 aliphatic carbocycles. The number of likely N-dealkylation sites (tertiary alicyclic amines) is 1. The van der Waals surface area contributed by atoms with Crippen LogP contribution in [0.4, 0.5) is 4.39 Å². The van der Waals surface area contributed by atoms with Gasteiger partial charge in [-0.2, -0.15) is 0 Å². The van der Waals surface area contributed by atoms with Gasteiger partial charge in [0, 0.05) is 12.1 Å². The average Bonchev–Trinajstić information content (AvgIpc) is 3.14. The minimum Gasteiger partial charge on any atom is -0.507 e. The van der Waals surface area contributed by atoms with Crippen LogP contribution < -0.4 is 0 Å². The van der Waals surface area contributed by atoms with Crippen LogP contribution in [0.2, 0.25) is 0 Å². The minimum absolute atomic E-state index is 0.0467. The molecule has 0 bridgehead atoms. The lowest BCUT2D eigenvalue weighted by atomic mass is 9.85. The molecule has 0 radical (unpaired) electrons. The number of unbranched alkanes of at least 4 members (excludes halogenated alkanes) is 2. The van der Waals surface area contributed by atoms with Crippen LogP contribution in [0.15, 0.2) is 54.1 Å². The molecule has 1 saturated heterocycles. The van der Waals surface area contributed by atoms with Gasteiger partial charge >= 0.3 is 0 Å². The van der Waals surface area contributed by atoms with Gasteiger partial charge < -0.3 is 14.9 Å². The number of carbonyl (C=O) groups excluding carboxylic acids is 2. The molecule has 1 aliphatic rings. The van der Waals surface area contributed by atoms with Crippen LogP contribution in [0.3, 0.4) is 0 Å². The summed E-state index contributed by atoms with van der Waals surface area (Å²) in [6.07, 6.45) is 5.25. The van der Waals surface area contributed by atoms with Crippen LogP contribution in [-0.2, 0) is 15.0 Å². The number of aliphatic hydroxyl groups excluding tert-OH is 1. The van der Waals surface area contributed by atoms with Gasteiger partial charge in [-0.3, -0.25) is 9.59 Å². The number of hydrogen-bond acceptors (Lipinski definition) is 4. The topological polar surface area (TPSA) is 60.9 Å². The summed E-state index contributed by atoms with van der Waals surface area (Å²) in [5, 5.41) is 11.2. The van der Waals surface area contributed by atoms with E-state index in [0.29, 0.717) is 12.1 Å². The summed E-state index contributed by atoms with van der Waals surface area (Å²) in [6.45, 7) is 14.1. The molecule has 2 aromatic carbocycles. The summed E-state index contributed by atoms with van der Waals surface area (Å²) < 4.78 is 13.5. The van der Waals surface area contributed by atoms with Crippen molar-refractivity contribution in [3.05, 3.63) is 76.6 Å². The molecule has 1 aliphatic heterocycles. The highest BCUT2D eigenvalue weighted by molar-refractivity contribution is 6.46. The number of nitrogens with zero attached hydrogens (tertiary/aromatic N) is 2. The van der Waals surface area contributed by atoms with Crippen molar-refractivity contribution in [1.29, 1.82) is 0 Å². The highest BCUT2D eigenvalue weighted by Crippen LogP contribution is 2.40. The summed E-state index contributed by atoms with van der Waals surface area (Å²) >= 11 is 0. The Kier molecular flexibility index (Phi) is 10.3. The molecule has 3 rings (SSSR count). The smallest absolute Gasteiger partial charge is 0.295 e. The first-order valence-electron chi connectivity index (χ1n) is 14.0. The van der Waals surface area contributed by atoms with Gasteiger partial charge in [0.15, 0.2) is 0 Å². The van der Waals surface area contributed by atoms with E-state index in [-0.39, 0.29) is 16.7 Å². The molecule has 1 unspecified atom stereocenters. The molecule has 0 spiro atoms. The number of amides is 1. The summed E-state index contributed by atoms with van der Waals surface area (Å²) in [4.78, 5) is 30.6. The summed E-state index contributed by atoms with van der Waals surface area (Å²) in [7, 11) is 0. The van der Waals surface area contributed by atoms with Crippen molar-refractivity contribution in [3.63, 3.8) is 0 Å². The molecule has 2 aromatic rings. The van der Waals surface area contributed by atoms with Crippen molar-refractivity contribution in [3.8, 4) is 0 Å². The van der Waals surface area contributed by atoms with Crippen molar-refractivity contribution >= 4 is 17.4 Å². The Labute approximate surface area is 227 Å². The highest BCUT2D eigenvalue weighted by Gasteiger charge is 2.45. The molecule has 1 amide bonds. The lowest BCUT2D eigenvalue weighted by Gasteiger charge is -2.28. The Hall–Kier alpha value is -2.99. The molecular weight excluding hydrogens is 479 g/mol. The SMILES string of the molecule is CCCCN(CCCC)CCCN1C(=O)C(=O)/C(=C(\O)c2ccc(F)cc2)C1c1ccc(C(C)(C)C)cc1. The first kappa shape index (κ1) is 29.6. The molecule has 0 saturated carbocycles. The van der Waals surface area contributed by atoms with E-state index in [1.165, 1.54) is 24.3 Å². The average molecular weight is 523 g/mol. The number of benzene rings is 2. The van der Waals surface area contributed by atoms with Gasteiger partial charge in [0.05, 0.1) is 11.6 Å². The first-order valence-corrected chi connectivity index (χ1v) is 14.0. The maximum absolute atomic E-state index is 13.5. The van der Waals surface area contributed by atoms with Crippen molar-refractivity contribution < 1.29 is 19.1 Å². The third-order valence-corrected chi connectivity index (χ3v) is 7.28. The van der Waals surface area contributed by atoms with Gasteiger partial charge in [-0.1, -0.05) is 71.7 Å². The molecule has 1 atom stereocenters. The molecule has 38 heavy (non-hydrogen) atoms. The summed E-state index contributed by atoms with van der Waals surface area (Å²) in [5.41, 5.74) is 2.23. The van der Waals surface area contributed by atoms with E-state index >= 15 is 0 Å². The summed E-state index contributed by atoms with van der Waals surface area (Å²) in [6, 6.07) is 12.5. The zero-order valence-electron chi connectivity index (χ0n) is 23.6. The number of aliphatic hydroxyl groups is 1. The van der Waals surface area contributed by atoms with Gasteiger partial charge in [0.25, 0.3) is 11.7 Å². The number of halogens is 1. The Bertz CT molecular complexity index is 1110. The van der Waals surface area contributed by atoms with E-state index in [1.54, 1.807) is 4.90 Å². The zero-order valence-corrected chi connectivity index (χ0v) is 23.6. The number of Topliss-reactive ketones (excluding diaryl/α,β-unsaturated/α-hetero) is 1.